The molecule has 0 spiro atoms. The number of esters is 1. The van der Waals surface area contributed by atoms with E-state index < -0.39 is 11.1 Å². The van der Waals surface area contributed by atoms with Crippen LogP contribution in [0.4, 0.5) is 0 Å². The lowest BCUT2D eigenvalue weighted by molar-refractivity contribution is -0.252. The average Bonchev–Trinajstić information content (AvgIpc) is 2.41. The highest BCUT2D eigenvalue weighted by atomic mass is 127. The van der Waals surface area contributed by atoms with Crippen LogP contribution in [0.5, 0.6) is 0 Å². The summed E-state index contributed by atoms with van der Waals surface area (Å²) in [5.41, 5.74) is -1.13. The Morgan fingerprint density at radius 2 is 1.83 bits per heavy atom. The standard InChI is InChI=1S/C12H20I2NO3/c1-11(2)5-9(12(3,4)15(11)17)18-10(16)8(6-13)7-14/h8-9H,5-7H2,1-4H3. The summed E-state index contributed by atoms with van der Waals surface area (Å²) in [6.07, 6.45) is 0.260. The monoisotopic (exact) mass is 480 g/mol. The molecular formula is C12H20I2NO3. The van der Waals surface area contributed by atoms with Gasteiger partial charge < -0.3 is 4.74 Å². The van der Waals surface area contributed by atoms with E-state index >= 15 is 0 Å². The van der Waals surface area contributed by atoms with Gasteiger partial charge in [-0.05, 0) is 27.7 Å². The summed E-state index contributed by atoms with van der Waals surface area (Å²) in [5.74, 6) is -0.256. The topological polar surface area (TPSA) is 49.4 Å². The van der Waals surface area contributed by atoms with Crippen LogP contribution in [0.15, 0.2) is 0 Å². The fourth-order valence-corrected chi connectivity index (χ4v) is 4.82. The van der Waals surface area contributed by atoms with Crippen LogP contribution in [0.2, 0.25) is 0 Å². The molecule has 4 nitrogen and oxygen atoms in total. The first-order valence-corrected chi connectivity index (χ1v) is 9.02. The van der Waals surface area contributed by atoms with Crippen molar-refractivity contribution in [2.75, 3.05) is 8.86 Å². The minimum atomic E-state index is -0.653. The van der Waals surface area contributed by atoms with E-state index in [-0.39, 0.29) is 18.0 Å². The van der Waals surface area contributed by atoms with E-state index in [4.69, 9.17) is 4.74 Å². The molecule has 1 unspecified atom stereocenters. The normalized spacial score (nSPS) is 26.6. The number of ether oxygens (including phenoxy) is 1. The third kappa shape index (κ3) is 3.29. The molecule has 1 atom stereocenters. The maximum absolute atomic E-state index is 12.2. The fraction of sp³-hybridized carbons (Fsp3) is 0.917. The third-order valence-corrected chi connectivity index (χ3v) is 5.64. The fourth-order valence-electron chi connectivity index (χ4n) is 2.29. The number of hydrogen-bond donors (Lipinski definition) is 0. The van der Waals surface area contributed by atoms with Crippen molar-refractivity contribution < 1.29 is 14.7 Å². The minimum absolute atomic E-state index is 0.0779. The van der Waals surface area contributed by atoms with Gasteiger partial charge in [-0.1, -0.05) is 45.2 Å². The van der Waals surface area contributed by atoms with Crippen molar-refractivity contribution in [2.45, 2.75) is 51.3 Å². The molecule has 1 aliphatic heterocycles. The summed E-state index contributed by atoms with van der Waals surface area (Å²) in [7, 11) is 0. The van der Waals surface area contributed by atoms with Gasteiger partial charge in [0.25, 0.3) is 0 Å². The number of halogens is 2. The SMILES string of the molecule is CC1(C)CC(OC(=O)C(CI)CI)C(C)(C)N1[O]. The summed E-state index contributed by atoms with van der Waals surface area (Å²) >= 11 is 4.39. The van der Waals surface area contributed by atoms with Crippen molar-refractivity contribution in [1.82, 2.24) is 5.06 Å². The van der Waals surface area contributed by atoms with Crippen LogP contribution in [-0.2, 0) is 14.7 Å². The second kappa shape index (κ2) is 6.09. The van der Waals surface area contributed by atoms with Gasteiger partial charge in [0.1, 0.15) is 6.10 Å². The molecule has 0 aliphatic carbocycles. The predicted octanol–water partition coefficient (Wildman–Crippen LogP) is 2.99. The third-order valence-electron chi connectivity index (χ3n) is 3.51. The van der Waals surface area contributed by atoms with Gasteiger partial charge >= 0.3 is 5.97 Å². The summed E-state index contributed by atoms with van der Waals surface area (Å²) in [6, 6.07) is 0. The molecule has 0 saturated carbocycles. The van der Waals surface area contributed by atoms with E-state index in [1.54, 1.807) is 0 Å². The number of nitrogens with zero attached hydrogens (tertiary/aromatic N) is 1. The molecule has 0 aromatic carbocycles. The lowest BCUT2D eigenvalue weighted by Crippen LogP contribution is -2.48. The first-order chi connectivity index (χ1) is 8.16. The number of carbonyl (C=O) groups is 1. The van der Waals surface area contributed by atoms with Crippen molar-refractivity contribution >= 4 is 51.2 Å². The van der Waals surface area contributed by atoms with E-state index in [1.807, 2.05) is 27.7 Å². The molecule has 0 aromatic heterocycles. The highest BCUT2D eigenvalue weighted by Gasteiger charge is 2.54. The lowest BCUT2D eigenvalue weighted by atomic mass is 9.97. The van der Waals surface area contributed by atoms with Gasteiger partial charge in [-0.25, -0.2) is 0 Å². The number of rotatable bonds is 4. The molecule has 1 aliphatic rings. The van der Waals surface area contributed by atoms with Crippen molar-refractivity contribution in [1.29, 1.82) is 0 Å². The molecule has 1 rings (SSSR count). The number of alkyl halides is 2. The lowest BCUT2D eigenvalue weighted by Gasteiger charge is -2.33. The van der Waals surface area contributed by atoms with Crippen LogP contribution in [0.25, 0.3) is 0 Å². The van der Waals surface area contributed by atoms with E-state index in [2.05, 4.69) is 45.2 Å². The summed E-state index contributed by atoms with van der Waals surface area (Å²) in [4.78, 5) is 12.0. The number of hydrogen-bond acceptors (Lipinski definition) is 3. The molecule has 0 bridgehead atoms. The molecule has 18 heavy (non-hydrogen) atoms. The van der Waals surface area contributed by atoms with Gasteiger partial charge in [-0.3, -0.25) is 4.79 Å². The molecule has 105 valence electrons. The Labute approximate surface area is 136 Å². The molecule has 1 heterocycles. The Morgan fingerprint density at radius 1 is 1.33 bits per heavy atom. The molecule has 0 aromatic rings. The molecular weight excluding hydrogens is 460 g/mol. The van der Waals surface area contributed by atoms with Gasteiger partial charge in [0.05, 0.1) is 11.5 Å². The predicted molar refractivity (Wildman–Crippen MR) is 86.4 cm³/mol. The van der Waals surface area contributed by atoms with Crippen LogP contribution in [0, 0.1) is 5.92 Å². The zero-order valence-corrected chi connectivity index (χ0v) is 15.5. The van der Waals surface area contributed by atoms with Crippen molar-refractivity contribution in [3.63, 3.8) is 0 Å². The molecule has 1 fully saturated rings. The zero-order valence-electron chi connectivity index (χ0n) is 11.2. The van der Waals surface area contributed by atoms with Gasteiger partial charge in [0.15, 0.2) is 0 Å². The Bertz CT molecular complexity index is 316. The van der Waals surface area contributed by atoms with E-state index in [9.17, 15) is 10.0 Å². The zero-order chi connectivity index (χ0) is 14.1. The molecule has 0 amide bonds. The smallest absolute Gasteiger partial charge is 0.310 e. The van der Waals surface area contributed by atoms with Gasteiger partial charge in [-0.2, -0.15) is 0 Å². The Hall–Kier alpha value is 0.850. The quantitative estimate of drug-likeness (QED) is 0.354. The highest BCUT2D eigenvalue weighted by Crippen LogP contribution is 2.41. The van der Waals surface area contributed by atoms with Crippen LogP contribution in [-0.4, -0.2) is 37.1 Å². The first kappa shape index (κ1) is 16.9. The molecule has 1 saturated heterocycles. The number of hydroxylamine groups is 2. The van der Waals surface area contributed by atoms with Crippen LogP contribution >= 0.6 is 45.2 Å². The molecule has 6 heteroatoms. The van der Waals surface area contributed by atoms with Gasteiger partial charge in [-0.15, -0.1) is 10.3 Å². The summed E-state index contributed by atoms with van der Waals surface area (Å²) in [6.45, 7) is 7.47. The minimum Gasteiger partial charge on any atom is -0.460 e. The van der Waals surface area contributed by atoms with E-state index in [0.717, 1.165) is 13.9 Å². The van der Waals surface area contributed by atoms with Crippen LogP contribution < -0.4 is 0 Å². The van der Waals surface area contributed by atoms with Gasteiger partial charge in [0, 0.05) is 20.8 Å². The van der Waals surface area contributed by atoms with Crippen molar-refractivity contribution in [2.24, 2.45) is 5.92 Å². The maximum atomic E-state index is 12.2. The van der Waals surface area contributed by atoms with E-state index in [0.29, 0.717) is 6.42 Å². The van der Waals surface area contributed by atoms with E-state index in [1.165, 1.54) is 0 Å². The molecule has 1 radical (unpaired) electrons. The maximum Gasteiger partial charge on any atom is 0.310 e. The second-order valence-corrected chi connectivity index (χ2v) is 7.66. The number of carbonyl (C=O) groups excluding carboxylic acids is 1. The summed E-state index contributed by atoms with van der Waals surface area (Å²) < 4.78 is 7.08. The Morgan fingerprint density at radius 3 is 2.17 bits per heavy atom. The Kier molecular flexibility index (Phi) is 5.72. The van der Waals surface area contributed by atoms with Crippen molar-refractivity contribution in [3.05, 3.63) is 0 Å². The van der Waals surface area contributed by atoms with Crippen LogP contribution in [0.3, 0.4) is 0 Å². The largest absolute Gasteiger partial charge is 0.460 e. The van der Waals surface area contributed by atoms with Crippen LogP contribution in [0.1, 0.15) is 34.1 Å². The second-order valence-electron chi connectivity index (χ2n) is 5.90. The summed E-state index contributed by atoms with van der Waals surface area (Å²) in [5, 5.41) is 13.2. The molecule has 0 N–H and O–H groups in total. The Balaban J connectivity index is 2.77. The van der Waals surface area contributed by atoms with Gasteiger partial charge in [0.2, 0.25) is 0 Å². The highest BCUT2D eigenvalue weighted by molar-refractivity contribution is 14.1. The average molecular weight is 480 g/mol. The first-order valence-electron chi connectivity index (χ1n) is 5.96. The van der Waals surface area contributed by atoms with Crippen molar-refractivity contribution in [3.8, 4) is 0 Å².